The smallest absolute Gasteiger partial charge is 0.255 e. The minimum atomic E-state index is -0.760. The fraction of sp³-hybridized carbons (Fsp3) is 0.244. The van der Waals surface area contributed by atoms with E-state index in [-0.39, 0.29) is 74.8 Å². The summed E-state index contributed by atoms with van der Waals surface area (Å²) in [4.78, 5) is 63.8. The molecule has 5 amide bonds. The van der Waals surface area contributed by atoms with Crippen LogP contribution in [-0.4, -0.2) is 64.6 Å². The lowest BCUT2D eigenvalue weighted by Gasteiger charge is -2.29. The Labute approximate surface area is 312 Å². The molecule has 0 aromatic heterocycles. The number of hydrogen-bond acceptors (Lipinski definition) is 7. The van der Waals surface area contributed by atoms with Gasteiger partial charge in [0.1, 0.15) is 24.1 Å². The normalized spacial score (nSPS) is 15.7. The van der Waals surface area contributed by atoms with E-state index in [1.54, 1.807) is 30.3 Å². The number of benzene rings is 4. The number of carbonyl (C=O) groups excluding carboxylic acids is 5. The van der Waals surface area contributed by atoms with Crippen LogP contribution in [-0.2, 0) is 25.7 Å². The molecule has 0 aliphatic carbocycles. The van der Waals surface area contributed by atoms with E-state index >= 15 is 0 Å². The number of carbonyl (C=O) groups is 5. The van der Waals surface area contributed by atoms with Crippen molar-refractivity contribution >= 4 is 58.0 Å². The Bertz CT molecular complexity index is 2030. The zero-order valence-electron chi connectivity index (χ0n) is 28.9. The molecule has 2 aliphatic rings. The third kappa shape index (κ3) is 8.93. The summed E-state index contributed by atoms with van der Waals surface area (Å²) in [6, 6.07) is 29.0. The SMILES string of the molecule is O=C(CCC(=O)Nc1cccc2c1CN(C1CCC(=O)NC1=O)C2=O)NCCOc1ccc(C(=C(CCCl)c2ccccc2)c2ccc(O)cc2)cc1. The first-order valence-corrected chi connectivity index (χ1v) is 18.0. The molecule has 272 valence electrons. The van der Waals surface area contributed by atoms with Gasteiger partial charge in [0.05, 0.1) is 6.54 Å². The van der Waals surface area contributed by atoms with Crippen molar-refractivity contribution < 1.29 is 33.8 Å². The Kier molecular flexibility index (Phi) is 11.9. The van der Waals surface area contributed by atoms with Crippen molar-refractivity contribution in [3.63, 3.8) is 0 Å². The van der Waals surface area contributed by atoms with Crippen LogP contribution >= 0.6 is 11.6 Å². The van der Waals surface area contributed by atoms with Crippen LogP contribution in [0.4, 0.5) is 5.69 Å². The minimum absolute atomic E-state index is 0.0463. The molecule has 1 fully saturated rings. The fourth-order valence-electron chi connectivity index (χ4n) is 6.60. The number of allylic oxidation sites excluding steroid dienone is 1. The quantitative estimate of drug-likeness (QED) is 0.0565. The number of phenols is 1. The Morgan fingerprint density at radius 1 is 0.830 bits per heavy atom. The number of hydrogen-bond donors (Lipinski definition) is 4. The molecular weight excluding hydrogens is 696 g/mol. The maximum absolute atomic E-state index is 13.1. The van der Waals surface area contributed by atoms with E-state index in [4.69, 9.17) is 16.3 Å². The van der Waals surface area contributed by atoms with Crippen LogP contribution in [0.3, 0.4) is 0 Å². The van der Waals surface area contributed by atoms with E-state index in [1.165, 1.54) is 4.90 Å². The van der Waals surface area contributed by atoms with Gasteiger partial charge in [-0.3, -0.25) is 29.3 Å². The van der Waals surface area contributed by atoms with Crippen LogP contribution in [0, 0.1) is 0 Å². The number of phenolic OH excluding ortho intramolecular Hbond substituents is 1. The van der Waals surface area contributed by atoms with Crippen molar-refractivity contribution in [3.05, 3.63) is 125 Å². The lowest BCUT2D eigenvalue weighted by atomic mass is 9.88. The summed E-state index contributed by atoms with van der Waals surface area (Å²) in [6.45, 7) is 0.575. The maximum Gasteiger partial charge on any atom is 0.255 e. The number of anilines is 1. The van der Waals surface area contributed by atoms with Gasteiger partial charge in [0.25, 0.3) is 5.91 Å². The molecule has 53 heavy (non-hydrogen) atoms. The van der Waals surface area contributed by atoms with Gasteiger partial charge in [-0.25, -0.2) is 0 Å². The number of ether oxygens (including phenoxy) is 1. The molecule has 2 aliphatic heterocycles. The molecule has 11 nitrogen and oxygen atoms in total. The maximum atomic E-state index is 13.1. The minimum Gasteiger partial charge on any atom is -0.508 e. The van der Waals surface area contributed by atoms with Gasteiger partial charge in [-0.15, -0.1) is 11.6 Å². The van der Waals surface area contributed by atoms with Crippen LogP contribution < -0.4 is 20.7 Å². The number of piperidine rings is 1. The van der Waals surface area contributed by atoms with Crippen molar-refractivity contribution in [3.8, 4) is 11.5 Å². The van der Waals surface area contributed by atoms with E-state index in [2.05, 4.69) is 28.1 Å². The Morgan fingerprint density at radius 2 is 1.53 bits per heavy atom. The van der Waals surface area contributed by atoms with Crippen molar-refractivity contribution in [1.29, 1.82) is 0 Å². The monoisotopic (exact) mass is 734 g/mol. The summed E-state index contributed by atoms with van der Waals surface area (Å²) in [5, 5.41) is 17.8. The van der Waals surface area contributed by atoms with Gasteiger partial charge in [-0.1, -0.05) is 60.7 Å². The van der Waals surface area contributed by atoms with Crippen LogP contribution in [0.15, 0.2) is 97.1 Å². The Morgan fingerprint density at radius 3 is 2.23 bits per heavy atom. The van der Waals surface area contributed by atoms with Gasteiger partial charge >= 0.3 is 0 Å². The highest BCUT2D eigenvalue weighted by Gasteiger charge is 2.40. The van der Waals surface area contributed by atoms with E-state index in [9.17, 15) is 29.1 Å². The molecular formula is C41H39ClN4O7. The van der Waals surface area contributed by atoms with E-state index in [1.807, 2.05) is 54.6 Å². The molecule has 0 radical (unpaired) electrons. The number of amides is 5. The highest BCUT2D eigenvalue weighted by atomic mass is 35.5. The summed E-state index contributed by atoms with van der Waals surface area (Å²) >= 11 is 6.26. The zero-order chi connectivity index (χ0) is 37.3. The van der Waals surface area contributed by atoms with Crippen molar-refractivity contribution in [2.75, 3.05) is 24.3 Å². The van der Waals surface area contributed by atoms with Crippen molar-refractivity contribution in [1.82, 2.24) is 15.5 Å². The highest BCUT2D eigenvalue weighted by Crippen LogP contribution is 2.36. The number of halogens is 1. The second-order valence-corrected chi connectivity index (χ2v) is 13.1. The third-order valence-corrected chi connectivity index (χ3v) is 9.38. The first-order valence-electron chi connectivity index (χ1n) is 17.4. The molecule has 4 aromatic rings. The number of nitrogens with zero attached hydrogens (tertiary/aromatic N) is 1. The molecule has 1 atom stereocenters. The number of aromatic hydroxyl groups is 1. The van der Waals surface area contributed by atoms with E-state index < -0.39 is 11.9 Å². The predicted octanol–water partition coefficient (Wildman–Crippen LogP) is 5.66. The van der Waals surface area contributed by atoms with Gasteiger partial charge in [0.2, 0.25) is 23.6 Å². The summed E-state index contributed by atoms with van der Waals surface area (Å²) in [7, 11) is 0. The average Bonchev–Trinajstić information content (AvgIpc) is 3.50. The number of imide groups is 1. The van der Waals surface area contributed by atoms with Gasteiger partial charge in [0, 0.05) is 48.5 Å². The molecule has 12 heteroatoms. The third-order valence-electron chi connectivity index (χ3n) is 9.20. The standard InChI is InChI=1S/C41H39ClN4O7/c42-22-21-31(26-5-2-1-3-6-26)39(27-9-13-29(47)14-10-27)28-11-15-30(16-12-28)53-24-23-43-36(48)19-20-37(49)44-34-8-4-7-32-33(34)25-46(41(32)52)35-17-18-38(50)45-40(35)51/h1-16,35,47H,17-25H2,(H,43,48)(H,44,49)(H,45,50,51). The highest BCUT2D eigenvalue weighted by molar-refractivity contribution is 6.18. The lowest BCUT2D eigenvalue weighted by Crippen LogP contribution is -2.52. The van der Waals surface area contributed by atoms with Crippen molar-refractivity contribution in [2.24, 2.45) is 0 Å². The first kappa shape index (κ1) is 36.8. The molecule has 6 rings (SSSR count). The van der Waals surface area contributed by atoms with Crippen LogP contribution in [0.2, 0.25) is 0 Å². The second kappa shape index (κ2) is 17.1. The summed E-state index contributed by atoms with van der Waals surface area (Å²) in [5.74, 6) is -0.667. The van der Waals surface area contributed by atoms with Crippen LogP contribution in [0.1, 0.15) is 64.7 Å². The molecule has 2 heterocycles. The van der Waals surface area contributed by atoms with Gasteiger partial charge in [-0.2, -0.15) is 0 Å². The molecule has 0 bridgehead atoms. The topological polar surface area (TPSA) is 154 Å². The van der Waals surface area contributed by atoms with Gasteiger partial charge in [0.15, 0.2) is 0 Å². The van der Waals surface area contributed by atoms with Crippen LogP contribution in [0.25, 0.3) is 11.1 Å². The van der Waals surface area contributed by atoms with Gasteiger partial charge in [-0.05, 0) is 77.1 Å². The van der Waals surface area contributed by atoms with E-state index in [0.29, 0.717) is 34.9 Å². The van der Waals surface area contributed by atoms with Crippen molar-refractivity contribution in [2.45, 2.75) is 44.7 Å². The van der Waals surface area contributed by atoms with Crippen LogP contribution in [0.5, 0.6) is 11.5 Å². The first-order chi connectivity index (χ1) is 25.7. The zero-order valence-corrected chi connectivity index (χ0v) is 29.7. The number of rotatable bonds is 14. The molecule has 1 saturated heterocycles. The summed E-state index contributed by atoms with van der Waals surface area (Å²) < 4.78 is 5.89. The molecule has 0 saturated carbocycles. The second-order valence-electron chi connectivity index (χ2n) is 12.7. The molecule has 4 aromatic carbocycles. The largest absolute Gasteiger partial charge is 0.508 e. The van der Waals surface area contributed by atoms with Gasteiger partial charge < -0.3 is 25.4 Å². The van der Waals surface area contributed by atoms with E-state index in [0.717, 1.165) is 27.8 Å². The molecule has 4 N–H and O–H groups in total. The molecule has 1 unspecified atom stereocenters. The summed E-state index contributed by atoms with van der Waals surface area (Å²) in [5.41, 5.74) is 6.45. The number of fused-ring (bicyclic) bond motifs is 1. The predicted molar refractivity (Wildman–Crippen MR) is 201 cm³/mol. The lowest BCUT2D eigenvalue weighted by molar-refractivity contribution is -0.137. The number of nitrogens with one attached hydrogen (secondary N) is 3. The average molecular weight is 735 g/mol. The Hall–Kier alpha value is -5.94. The Balaban J connectivity index is 0.995. The number of alkyl halides is 1. The molecule has 0 spiro atoms. The summed E-state index contributed by atoms with van der Waals surface area (Å²) in [6.07, 6.45) is 0.908. The fourth-order valence-corrected chi connectivity index (χ4v) is 6.79.